The minimum absolute atomic E-state index is 0.0479. The molecule has 2 rings (SSSR count). The molecule has 80 valence electrons. The number of nitrogens with one attached hydrogen (secondary N) is 1. The molecule has 0 aromatic carbocycles. The van der Waals surface area contributed by atoms with E-state index < -0.39 is 0 Å². The van der Waals surface area contributed by atoms with E-state index in [2.05, 4.69) is 10.5 Å². The summed E-state index contributed by atoms with van der Waals surface area (Å²) in [7, 11) is 1.94. The first-order valence-electron chi connectivity index (χ1n) is 5.21. The van der Waals surface area contributed by atoms with Crippen molar-refractivity contribution in [1.29, 1.82) is 0 Å². The standard InChI is InChI=1S/C11H15N3O/c1-14-7-3-6-10(14)8-12-13-11(15)9-4-2-5-9/h3,6-9H,2,4-5H2,1H3,(H,13,15). The Hall–Kier alpha value is -1.58. The highest BCUT2D eigenvalue weighted by Gasteiger charge is 2.24. The van der Waals surface area contributed by atoms with Gasteiger partial charge < -0.3 is 4.57 Å². The molecule has 0 radical (unpaired) electrons. The number of carbonyl (C=O) groups is 1. The van der Waals surface area contributed by atoms with Gasteiger partial charge in [-0.3, -0.25) is 4.79 Å². The van der Waals surface area contributed by atoms with Gasteiger partial charge in [0.1, 0.15) is 0 Å². The van der Waals surface area contributed by atoms with Crippen molar-refractivity contribution in [1.82, 2.24) is 9.99 Å². The second-order valence-electron chi connectivity index (χ2n) is 3.91. The number of hydrazone groups is 1. The van der Waals surface area contributed by atoms with Crippen LogP contribution in [0.2, 0.25) is 0 Å². The molecule has 0 saturated heterocycles. The van der Waals surface area contributed by atoms with E-state index in [-0.39, 0.29) is 11.8 Å². The summed E-state index contributed by atoms with van der Waals surface area (Å²) >= 11 is 0. The number of hydrogen-bond donors (Lipinski definition) is 1. The lowest BCUT2D eigenvalue weighted by Crippen LogP contribution is -2.31. The lowest BCUT2D eigenvalue weighted by atomic mass is 9.85. The number of nitrogens with zero attached hydrogens (tertiary/aromatic N) is 2. The van der Waals surface area contributed by atoms with Crippen LogP contribution in [0.5, 0.6) is 0 Å². The van der Waals surface area contributed by atoms with E-state index >= 15 is 0 Å². The molecule has 0 unspecified atom stereocenters. The zero-order valence-electron chi connectivity index (χ0n) is 8.81. The van der Waals surface area contributed by atoms with Gasteiger partial charge in [0.2, 0.25) is 5.91 Å². The highest BCUT2D eigenvalue weighted by Crippen LogP contribution is 2.25. The van der Waals surface area contributed by atoms with E-state index in [0.717, 1.165) is 18.5 Å². The predicted octanol–water partition coefficient (Wildman–Crippen LogP) is 1.28. The van der Waals surface area contributed by atoms with E-state index in [4.69, 9.17) is 0 Å². The van der Waals surface area contributed by atoms with Crippen LogP contribution in [0.4, 0.5) is 0 Å². The summed E-state index contributed by atoms with van der Waals surface area (Å²) in [5.41, 5.74) is 3.54. The first-order valence-corrected chi connectivity index (χ1v) is 5.21. The van der Waals surface area contributed by atoms with Gasteiger partial charge in [0, 0.05) is 19.2 Å². The summed E-state index contributed by atoms with van der Waals surface area (Å²) in [5.74, 6) is 0.238. The van der Waals surface area contributed by atoms with Gasteiger partial charge in [-0.15, -0.1) is 0 Å². The molecule has 0 aliphatic heterocycles. The topological polar surface area (TPSA) is 46.4 Å². The first kappa shape index (κ1) is 9.96. The predicted molar refractivity (Wildman–Crippen MR) is 58.5 cm³/mol. The Morgan fingerprint density at radius 3 is 3.00 bits per heavy atom. The lowest BCUT2D eigenvalue weighted by Gasteiger charge is -2.22. The Morgan fingerprint density at radius 2 is 2.47 bits per heavy atom. The Kier molecular flexibility index (Phi) is 2.85. The average molecular weight is 205 g/mol. The number of amides is 1. The largest absolute Gasteiger partial charge is 0.350 e. The molecule has 1 aromatic heterocycles. The van der Waals surface area contributed by atoms with Crippen LogP contribution in [0.15, 0.2) is 23.4 Å². The van der Waals surface area contributed by atoms with Crippen molar-refractivity contribution in [3.63, 3.8) is 0 Å². The summed E-state index contributed by atoms with van der Waals surface area (Å²) in [5, 5.41) is 3.93. The Labute approximate surface area is 89.0 Å². The fourth-order valence-electron chi connectivity index (χ4n) is 1.53. The summed E-state index contributed by atoms with van der Waals surface area (Å²) < 4.78 is 1.94. The second kappa shape index (κ2) is 4.29. The quantitative estimate of drug-likeness (QED) is 0.586. The Bertz CT molecular complexity index is 377. The summed E-state index contributed by atoms with van der Waals surface area (Å²) in [6.45, 7) is 0. The first-order chi connectivity index (χ1) is 7.27. The van der Waals surface area contributed by atoms with Crippen molar-refractivity contribution in [3.8, 4) is 0 Å². The van der Waals surface area contributed by atoms with Crippen molar-refractivity contribution in [2.45, 2.75) is 19.3 Å². The van der Waals surface area contributed by atoms with Gasteiger partial charge in [-0.1, -0.05) is 6.42 Å². The van der Waals surface area contributed by atoms with Crippen LogP contribution in [0.25, 0.3) is 0 Å². The highest BCUT2D eigenvalue weighted by molar-refractivity contribution is 5.82. The third kappa shape index (κ3) is 2.26. The molecule has 1 heterocycles. The molecule has 1 fully saturated rings. The van der Waals surface area contributed by atoms with Crippen LogP contribution >= 0.6 is 0 Å². The maximum absolute atomic E-state index is 11.4. The molecule has 0 atom stereocenters. The molecule has 15 heavy (non-hydrogen) atoms. The SMILES string of the molecule is Cn1cccc1C=NNC(=O)C1CCC1. The summed E-state index contributed by atoms with van der Waals surface area (Å²) in [6, 6.07) is 3.88. The molecular weight excluding hydrogens is 190 g/mol. The molecular formula is C11H15N3O. The minimum atomic E-state index is 0.0479. The normalized spacial score (nSPS) is 16.6. The fraction of sp³-hybridized carbons (Fsp3) is 0.455. The van der Waals surface area contributed by atoms with E-state index in [1.807, 2.05) is 29.9 Å². The fourth-order valence-corrected chi connectivity index (χ4v) is 1.53. The monoisotopic (exact) mass is 205 g/mol. The number of aryl methyl sites for hydroxylation is 1. The third-order valence-electron chi connectivity index (χ3n) is 2.83. The van der Waals surface area contributed by atoms with Gasteiger partial charge in [0.15, 0.2) is 0 Å². The molecule has 1 amide bonds. The van der Waals surface area contributed by atoms with Crippen molar-refractivity contribution in [2.75, 3.05) is 0 Å². The molecule has 1 aliphatic rings. The van der Waals surface area contributed by atoms with Gasteiger partial charge in [-0.2, -0.15) is 5.10 Å². The van der Waals surface area contributed by atoms with Gasteiger partial charge >= 0.3 is 0 Å². The van der Waals surface area contributed by atoms with Gasteiger partial charge in [0.05, 0.1) is 11.9 Å². The number of aromatic nitrogens is 1. The maximum Gasteiger partial charge on any atom is 0.243 e. The Morgan fingerprint density at radius 1 is 1.67 bits per heavy atom. The van der Waals surface area contributed by atoms with Crippen LogP contribution in [0.3, 0.4) is 0 Å². The molecule has 1 saturated carbocycles. The highest BCUT2D eigenvalue weighted by atomic mass is 16.2. The van der Waals surface area contributed by atoms with Crippen LogP contribution in [-0.4, -0.2) is 16.7 Å². The molecule has 1 aromatic rings. The van der Waals surface area contributed by atoms with Gasteiger partial charge in [0.25, 0.3) is 0 Å². The van der Waals surface area contributed by atoms with Gasteiger partial charge in [-0.25, -0.2) is 5.43 Å². The van der Waals surface area contributed by atoms with Crippen molar-refractivity contribution in [3.05, 3.63) is 24.0 Å². The minimum Gasteiger partial charge on any atom is -0.350 e. The number of rotatable bonds is 3. The van der Waals surface area contributed by atoms with E-state index in [0.29, 0.717) is 0 Å². The van der Waals surface area contributed by atoms with Gasteiger partial charge in [-0.05, 0) is 25.0 Å². The molecule has 0 bridgehead atoms. The van der Waals surface area contributed by atoms with E-state index in [9.17, 15) is 4.79 Å². The lowest BCUT2D eigenvalue weighted by molar-refractivity contribution is -0.127. The number of carbonyl (C=O) groups excluding carboxylic acids is 1. The van der Waals surface area contributed by atoms with Crippen molar-refractivity contribution in [2.24, 2.45) is 18.1 Å². The van der Waals surface area contributed by atoms with Crippen LogP contribution in [0, 0.1) is 5.92 Å². The van der Waals surface area contributed by atoms with Crippen LogP contribution in [0.1, 0.15) is 25.0 Å². The van der Waals surface area contributed by atoms with E-state index in [1.54, 1.807) is 6.21 Å². The second-order valence-corrected chi connectivity index (χ2v) is 3.91. The summed E-state index contributed by atoms with van der Waals surface area (Å²) in [6.07, 6.45) is 6.78. The smallest absolute Gasteiger partial charge is 0.243 e. The van der Waals surface area contributed by atoms with E-state index in [1.165, 1.54) is 6.42 Å². The zero-order valence-corrected chi connectivity index (χ0v) is 8.81. The molecule has 4 nitrogen and oxygen atoms in total. The average Bonchev–Trinajstić information content (AvgIpc) is 2.49. The van der Waals surface area contributed by atoms with Crippen LogP contribution in [-0.2, 0) is 11.8 Å². The maximum atomic E-state index is 11.4. The molecule has 0 spiro atoms. The third-order valence-corrected chi connectivity index (χ3v) is 2.83. The number of hydrogen-bond acceptors (Lipinski definition) is 2. The van der Waals surface area contributed by atoms with Crippen LogP contribution < -0.4 is 5.43 Å². The Balaban J connectivity index is 1.84. The van der Waals surface area contributed by atoms with Crippen molar-refractivity contribution < 1.29 is 4.79 Å². The molecule has 1 N–H and O–H groups in total. The van der Waals surface area contributed by atoms with Crippen molar-refractivity contribution >= 4 is 12.1 Å². The zero-order chi connectivity index (χ0) is 10.7. The molecule has 4 heteroatoms. The molecule has 1 aliphatic carbocycles. The summed E-state index contributed by atoms with van der Waals surface area (Å²) in [4.78, 5) is 11.4.